The average molecular weight is 122 g/mol. The number of fused-ring (bicyclic) bond motifs is 1. The Morgan fingerprint density at radius 3 is 2.67 bits per heavy atom. The van der Waals surface area contributed by atoms with Crippen LogP contribution in [0.1, 0.15) is 26.7 Å². The van der Waals surface area contributed by atoms with Crippen LogP contribution in [0, 0.1) is 17.8 Å². The largest absolute Gasteiger partial charge is 0.0850 e. The van der Waals surface area contributed by atoms with Gasteiger partial charge in [-0.25, -0.2) is 0 Å². The van der Waals surface area contributed by atoms with Gasteiger partial charge in [-0.3, -0.25) is 0 Å². The second-order valence-corrected chi connectivity index (χ2v) is 3.65. The zero-order valence-electron chi connectivity index (χ0n) is 6.22. The Hall–Kier alpha value is -0.260. The molecule has 50 valence electrons. The van der Waals surface area contributed by atoms with E-state index in [0.717, 1.165) is 17.8 Å². The molecular weight excluding hydrogens is 108 g/mol. The van der Waals surface area contributed by atoms with Gasteiger partial charge in [0.25, 0.3) is 0 Å². The second-order valence-electron chi connectivity index (χ2n) is 3.65. The van der Waals surface area contributed by atoms with Crippen LogP contribution in [0.2, 0.25) is 0 Å². The molecule has 0 aromatic heterocycles. The third-order valence-corrected chi connectivity index (χ3v) is 3.26. The van der Waals surface area contributed by atoms with Crippen LogP contribution in [0.25, 0.3) is 0 Å². The molecule has 0 saturated heterocycles. The van der Waals surface area contributed by atoms with Crippen LogP contribution >= 0.6 is 0 Å². The molecular formula is C9H14. The molecule has 0 radical (unpaired) electrons. The van der Waals surface area contributed by atoms with Gasteiger partial charge in [-0.15, -0.1) is 0 Å². The fraction of sp³-hybridized carbons (Fsp3) is 0.778. The van der Waals surface area contributed by atoms with Gasteiger partial charge >= 0.3 is 0 Å². The fourth-order valence-electron chi connectivity index (χ4n) is 2.29. The van der Waals surface area contributed by atoms with Crippen molar-refractivity contribution in [3.05, 3.63) is 11.6 Å². The highest BCUT2D eigenvalue weighted by molar-refractivity contribution is 5.16. The van der Waals surface area contributed by atoms with Crippen LogP contribution in [0.15, 0.2) is 11.6 Å². The van der Waals surface area contributed by atoms with Crippen molar-refractivity contribution in [2.45, 2.75) is 26.7 Å². The molecule has 0 amide bonds. The highest BCUT2D eigenvalue weighted by Gasteiger charge is 2.40. The van der Waals surface area contributed by atoms with E-state index in [4.69, 9.17) is 0 Å². The molecule has 1 fully saturated rings. The van der Waals surface area contributed by atoms with E-state index in [2.05, 4.69) is 19.9 Å². The summed E-state index contributed by atoms with van der Waals surface area (Å²) >= 11 is 0. The molecule has 0 aliphatic heterocycles. The van der Waals surface area contributed by atoms with Crippen molar-refractivity contribution in [2.24, 2.45) is 17.8 Å². The van der Waals surface area contributed by atoms with Gasteiger partial charge in [0.05, 0.1) is 0 Å². The van der Waals surface area contributed by atoms with Gasteiger partial charge in [0.1, 0.15) is 0 Å². The Morgan fingerprint density at radius 1 is 1.56 bits per heavy atom. The molecule has 0 spiro atoms. The summed E-state index contributed by atoms with van der Waals surface area (Å²) < 4.78 is 0. The van der Waals surface area contributed by atoms with Crippen molar-refractivity contribution < 1.29 is 0 Å². The lowest BCUT2D eigenvalue weighted by molar-refractivity contribution is 0.104. The molecule has 0 aromatic carbocycles. The number of hydrogen-bond acceptors (Lipinski definition) is 0. The molecule has 3 unspecified atom stereocenters. The maximum Gasteiger partial charge on any atom is -0.0175 e. The van der Waals surface area contributed by atoms with E-state index in [0.29, 0.717) is 0 Å². The van der Waals surface area contributed by atoms with Crippen molar-refractivity contribution in [2.75, 3.05) is 0 Å². The number of allylic oxidation sites excluding steroid dienone is 2. The van der Waals surface area contributed by atoms with E-state index in [1.54, 1.807) is 5.57 Å². The van der Waals surface area contributed by atoms with Crippen LogP contribution < -0.4 is 0 Å². The van der Waals surface area contributed by atoms with Crippen LogP contribution in [0.3, 0.4) is 0 Å². The summed E-state index contributed by atoms with van der Waals surface area (Å²) in [7, 11) is 0. The van der Waals surface area contributed by atoms with E-state index in [9.17, 15) is 0 Å². The lowest BCUT2D eigenvalue weighted by atomic mass is 9.58. The first kappa shape index (κ1) is 5.52. The second kappa shape index (κ2) is 1.62. The lowest BCUT2D eigenvalue weighted by Crippen LogP contribution is -2.37. The van der Waals surface area contributed by atoms with Crippen LogP contribution in [0.4, 0.5) is 0 Å². The Balaban J connectivity index is 2.22. The van der Waals surface area contributed by atoms with Crippen LogP contribution in [-0.2, 0) is 0 Å². The lowest BCUT2D eigenvalue weighted by Gasteiger charge is -2.47. The van der Waals surface area contributed by atoms with E-state index in [1.165, 1.54) is 12.8 Å². The van der Waals surface area contributed by atoms with E-state index in [-0.39, 0.29) is 0 Å². The number of rotatable bonds is 0. The SMILES string of the molecule is CC1=CCC2CC1C2C. The molecule has 1 saturated carbocycles. The van der Waals surface area contributed by atoms with E-state index < -0.39 is 0 Å². The molecule has 0 nitrogen and oxygen atoms in total. The van der Waals surface area contributed by atoms with Gasteiger partial charge in [0.15, 0.2) is 0 Å². The zero-order valence-corrected chi connectivity index (χ0v) is 6.22. The third-order valence-electron chi connectivity index (χ3n) is 3.26. The average Bonchev–Trinajstić information content (AvgIpc) is 1.86. The Labute approximate surface area is 57.0 Å². The standard InChI is InChI=1S/C9H14/c1-6-3-4-8-5-9(6)7(8)2/h3,7-9H,4-5H2,1-2H3. The van der Waals surface area contributed by atoms with Gasteiger partial charge in [0, 0.05) is 0 Å². The molecule has 3 aliphatic rings. The summed E-state index contributed by atoms with van der Waals surface area (Å²) in [6.07, 6.45) is 5.28. The first-order valence-corrected chi connectivity index (χ1v) is 3.95. The predicted molar refractivity (Wildman–Crippen MR) is 39.1 cm³/mol. The Kier molecular flexibility index (Phi) is 0.992. The summed E-state index contributed by atoms with van der Waals surface area (Å²) in [5.74, 6) is 3.04. The summed E-state index contributed by atoms with van der Waals surface area (Å²) in [5.41, 5.74) is 1.66. The first-order valence-electron chi connectivity index (χ1n) is 3.95. The quantitative estimate of drug-likeness (QED) is 0.433. The van der Waals surface area contributed by atoms with Gasteiger partial charge < -0.3 is 0 Å². The van der Waals surface area contributed by atoms with Crippen molar-refractivity contribution in [1.82, 2.24) is 0 Å². The highest BCUT2D eigenvalue weighted by Crippen LogP contribution is 2.49. The molecule has 0 heterocycles. The van der Waals surface area contributed by atoms with Gasteiger partial charge in [-0.2, -0.15) is 0 Å². The summed E-state index contributed by atoms with van der Waals surface area (Å²) in [5, 5.41) is 0. The van der Waals surface area contributed by atoms with E-state index >= 15 is 0 Å². The van der Waals surface area contributed by atoms with Gasteiger partial charge in [-0.1, -0.05) is 18.6 Å². The molecule has 0 aromatic rings. The Morgan fingerprint density at radius 2 is 2.33 bits per heavy atom. The molecule has 0 N–H and O–H groups in total. The monoisotopic (exact) mass is 122 g/mol. The molecule has 0 heteroatoms. The minimum atomic E-state index is 0.976. The van der Waals surface area contributed by atoms with Gasteiger partial charge in [-0.05, 0) is 37.5 Å². The molecule has 9 heavy (non-hydrogen) atoms. The minimum Gasteiger partial charge on any atom is -0.0850 e. The third kappa shape index (κ3) is 0.593. The zero-order chi connectivity index (χ0) is 6.43. The van der Waals surface area contributed by atoms with Crippen molar-refractivity contribution in [3.8, 4) is 0 Å². The maximum absolute atomic E-state index is 2.43. The van der Waals surface area contributed by atoms with Crippen molar-refractivity contribution in [3.63, 3.8) is 0 Å². The predicted octanol–water partition coefficient (Wildman–Crippen LogP) is 2.61. The smallest absolute Gasteiger partial charge is 0.0175 e. The van der Waals surface area contributed by atoms with Crippen LogP contribution in [-0.4, -0.2) is 0 Å². The molecule has 2 bridgehead atoms. The molecule has 3 rings (SSSR count). The minimum absolute atomic E-state index is 0.976. The van der Waals surface area contributed by atoms with Crippen LogP contribution in [0.5, 0.6) is 0 Å². The Bertz CT molecular complexity index is 155. The summed E-state index contributed by atoms with van der Waals surface area (Å²) in [6.45, 7) is 4.69. The topological polar surface area (TPSA) is 0 Å². The first-order chi connectivity index (χ1) is 4.29. The van der Waals surface area contributed by atoms with Crippen molar-refractivity contribution in [1.29, 1.82) is 0 Å². The number of hydrogen-bond donors (Lipinski definition) is 0. The fourth-order valence-corrected chi connectivity index (χ4v) is 2.29. The molecule has 3 atom stereocenters. The normalized spacial score (nSPS) is 47.8. The van der Waals surface area contributed by atoms with Gasteiger partial charge in [0.2, 0.25) is 0 Å². The summed E-state index contributed by atoms with van der Waals surface area (Å²) in [4.78, 5) is 0. The molecule has 3 aliphatic carbocycles. The maximum atomic E-state index is 2.43. The van der Waals surface area contributed by atoms with Crippen molar-refractivity contribution >= 4 is 0 Å². The van der Waals surface area contributed by atoms with E-state index in [1.807, 2.05) is 0 Å². The summed E-state index contributed by atoms with van der Waals surface area (Å²) in [6, 6.07) is 0. The highest BCUT2D eigenvalue weighted by atomic mass is 14.4.